The average Bonchev–Trinajstić information content (AvgIpc) is 2.20. The van der Waals surface area contributed by atoms with Gasteiger partial charge in [-0.3, -0.25) is 9.59 Å². The van der Waals surface area contributed by atoms with Gasteiger partial charge in [-0.05, 0) is 6.92 Å². The molecule has 0 spiro atoms. The van der Waals surface area contributed by atoms with E-state index in [1.807, 2.05) is 0 Å². The van der Waals surface area contributed by atoms with Crippen LogP contribution >= 0.6 is 11.8 Å². The fourth-order valence-corrected chi connectivity index (χ4v) is 2.17. The Morgan fingerprint density at radius 1 is 1.31 bits per heavy atom. The van der Waals surface area contributed by atoms with Crippen LogP contribution in [0.3, 0.4) is 0 Å². The van der Waals surface area contributed by atoms with Crippen molar-refractivity contribution >= 4 is 22.8 Å². The largest absolute Gasteiger partial charge is 0.344 e. The number of thioether (sulfide) groups is 1. The van der Waals surface area contributed by atoms with Crippen molar-refractivity contribution in [2.24, 2.45) is 0 Å². The number of amides is 1. The smallest absolute Gasteiger partial charge is 0.282 e. The number of likely N-dealkylation sites (N-methyl/N-ethyl adjacent to an activating group) is 1. The van der Waals surface area contributed by atoms with E-state index in [1.54, 1.807) is 21.0 Å². The fraction of sp³-hybridized carbons (Fsp3) is 0.800. The third-order valence-electron chi connectivity index (χ3n) is 2.22. The van der Waals surface area contributed by atoms with Gasteiger partial charge in [0.05, 0.1) is 18.5 Å². The molecule has 0 saturated carbocycles. The lowest BCUT2D eigenvalue weighted by Crippen LogP contribution is -2.53. The summed E-state index contributed by atoms with van der Waals surface area (Å²) in [5.74, 6) is -1.43. The monoisotopic (exact) mass is 247 g/mol. The summed E-state index contributed by atoms with van der Waals surface area (Å²) in [4.78, 5) is 24.1. The maximum absolute atomic E-state index is 11.8. The number of carbonyl (C=O) groups is 2. The first-order chi connectivity index (χ1) is 7.35. The molecule has 0 bridgehead atoms. The Morgan fingerprint density at radius 2 is 1.81 bits per heavy atom. The van der Waals surface area contributed by atoms with E-state index in [0.29, 0.717) is 13.2 Å². The van der Waals surface area contributed by atoms with E-state index < -0.39 is 5.79 Å². The van der Waals surface area contributed by atoms with Crippen LogP contribution in [0.25, 0.3) is 0 Å². The highest BCUT2D eigenvalue weighted by Gasteiger charge is 2.41. The van der Waals surface area contributed by atoms with E-state index in [0.717, 1.165) is 0 Å². The van der Waals surface area contributed by atoms with Crippen molar-refractivity contribution in [2.75, 3.05) is 27.3 Å². The molecule has 1 heterocycles. The molecule has 0 aliphatic carbocycles. The molecule has 1 aliphatic rings. The molecule has 92 valence electrons. The second-order valence-electron chi connectivity index (χ2n) is 4.00. The number of carbonyl (C=O) groups excluding carboxylic acids is 2. The highest BCUT2D eigenvalue weighted by Crippen LogP contribution is 2.26. The summed E-state index contributed by atoms with van der Waals surface area (Å²) in [5.41, 5.74) is 0. The Labute approximate surface area is 99.5 Å². The van der Waals surface area contributed by atoms with Gasteiger partial charge in [-0.2, -0.15) is 0 Å². The van der Waals surface area contributed by atoms with E-state index >= 15 is 0 Å². The molecule has 0 unspecified atom stereocenters. The van der Waals surface area contributed by atoms with Crippen LogP contribution in [0, 0.1) is 0 Å². The molecule has 0 aromatic carbocycles. The van der Waals surface area contributed by atoms with Crippen LogP contribution in [-0.2, 0) is 19.1 Å². The lowest BCUT2D eigenvalue weighted by atomic mass is 10.2. The maximum atomic E-state index is 11.8. The van der Waals surface area contributed by atoms with Crippen molar-refractivity contribution in [3.8, 4) is 0 Å². The lowest BCUT2D eigenvalue weighted by molar-refractivity contribution is -0.248. The number of ether oxygens (including phenoxy) is 2. The molecule has 0 aromatic rings. The predicted octanol–water partition coefficient (Wildman–Crippen LogP) is 0.486. The quantitative estimate of drug-likeness (QED) is 0.710. The Hall–Kier alpha value is -0.590. The van der Waals surface area contributed by atoms with E-state index in [1.165, 1.54) is 23.6 Å². The van der Waals surface area contributed by atoms with E-state index in [9.17, 15) is 9.59 Å². The summed E-state index contributed by atoms with van der Waals surface area (Å²) in [5, 5.41) is 0.000256. The SMILES string of the molecule is CC(=O)SC1COC(C)(C(=O)N(C)C)OC1. The normalized spacial score (nSPS) is 29.9. The molecule has 0 radical (unpaired) electrons. The Bertz CT molecular complexity index is 285. The molecule has 5 nitrogen and oxygen atoms in total. The molecule has 16 heavy (non-hydrogen) atoms. The molecular weight excluding hydrogens is 230 g/mol. The minimum Gasteiger partial charge on any atom is -0.344 e. The van der Waals surface area contributed by atoms with E-state index in [-0.39, 0.29) is 16.3 Å². The molecule has 1 amide bonds. The van der Waals surface area contributed by atoms with Gasteiger partial charge >= 0.3 is 0 Å². The Balaban J connectivity index is 2.53. The van der Waals surface area contributed by atoms with Crippen molar-refractivity contribution in [1.29, 1.82) is 0 Å². The zero-order valence-electron chi connectivity index (χ0n) is 9.98. The molecule has 1 fully saturated rings. The molecule has 1 aliphatic heterocycles. The van der Waals surface area contributed by atoms with Gasteiger partial charge in [0.2, 0.25) is 5.79 Å². The van der Waals surface area contributed by atoms with Gasteiger partial charge in [0, 0.05) is 21.0 Å². The van der Waals surface area contributed by atoms with E-state index in [4.69, 9.17) is 9.47 Å². The lowest BCUT2D eigenvalue weighted by Gasteiger charge is -2.37. The second kappa shape index (κ2) is 5.16. The summed E-state index contributed by atoms with van der Waals surface area (Å²) < 4.78 is 10.8. The van der Waals surface area contributed by atoms with Crippen LogP contribution in [0.4, 0.5) is 0 Å². The van der Waals surface area contributed by atoms with Crippen LogP contribution < -0.4 is 0 Å². The third-order valence-corrected chi connectivity index (χ3v) is 3.15. The first-order valence-corrected chi connectivity index (χ1v) is 5.90. The number of hydrogen-bond acceptors (Lipinski definition) is 5. The zero-order chi connectivity index (χ0) is 12.3. The first kappa shape index (κ1) is 13.5. The summed E-state index contributed by atoms with van der Waals surface area (Å²) in [6.45, 7) is 3.80. The fourth-order valence-electron chi connectivity index (χ4n) is 1.43. The van der Waals surface area contributed by atoms with Gasteiger partial charge in [-0.1, -0.05) is 11.8 Å². The zero-order valence-corrected chi connectivity index (χ0v) is 10.8. The highest BCUT2D eigenvalue weighted by molar-refractivity contribution is 8.14. The van der Waals surface area contributed by atoms with Gasteiger partial charge < -0.3 is 14.4 Å². The molecule has 0 N–H and O–H groups in total. The minimum atomic E-state index is -1.21. The first-order valence-electron chi connectivity index (χ1n) is 5.02. The van der Waals surface area contributed by atoms with Crippen molar-refractivity contribution in [1.82, 2.24) is 4.90 Å². The molecule has 6 heteroatoms. The molecule has 0 aromatic heterocycles. The van der Waals surface area contributed by atoms with Crippen molar-refractivity contribution in [3.63, 3.8) is 0 Å². The average molecular weight is 247 g/mol. The van der Waals surface area contributed by atoms with Crippen LogP contribution in [0.15, 0.2) is 0 Å². The van der Waals surface area contributed by atoms with Crippen LogP contribution in [0.5, 0.6) is 0 Å². The van der Waals surface area contributed by atoms with Gasteiger partial charge in [0.25, 0.3) is 5.91 Å². The summed E-state index contributed by atoms with van der Waals surface area (Å²) in [6.07, 6.45) is 0. The molecular formula is C10H17NO4S. The molecule has 0 atom stereocenters. The second-order valence-corrected chi connectivity index (χ2v) is 5.48. The minimum absolute atomic E-state index is 0.0273. The number of rotatable bonds is 2. The van der Waals surface area contributed by atoms with Crippen molar-refractivity contribution < 1.29 is 19.1 Å². The highest BCUT2D eigenvalue weighted by atomic mass is 32.2. The Kier molecular flexibility index (Phi) is 4.35. The Morgan fingerprint density at radius 3 is 2.19 bits per heavy atom. The number of nitrogens with zero attached hydrogens (tertiary/aromatic N) is 1. The van der Waals surface area contributed by atoms with Gasteiger partial charge in [0.15, 0.2) is 5.12 Å². The van der Waals surface area contributed by atoms with Crippen molar-refractivity contribution in [3.05, 3.63) is 0 Å². The van der Waals surface area contributed by atoms with E-state index in [2.05, 4.69) is 0 Å². The van der Waals surface area contributed by atoms with Crippen LogP contribution in [0.2, 0.25) is 0 Å². The van der Waals surface area contributed by atoms with Gasteiger partial charge in [0.1, 0.15) is 0 Å². The van der Waals surface area contributed by atoms with Gasteiger partial charge in [-0.25, -0.2) is 0 Å². The summed E-state index contributed by atoms with van der Waals surface area (Å²) >= 11 is 1.18. The molecule has 1 rings (SSSR count). The summed E-state index contributed by atoms with van der Waals surface area (Å²) in [6, 6.07) is 0. The van der Waals surface area contributed by atoms with Crippen LogP contribution in [-0.4, -0.2) is 54.3 Å². The maximum Gasteiger partial charge on any atom is 0.282 e. The molecule has 1 saturated heterocycles. The predicted molar refractivity (Wildman–Crippen MR) is 61.1 cm³/mol. The summed E-state index contributed by atoms with van der Waals surface area (Å²) in [7, 11) is 3.30. The van der Waals surface area contributed by atoms with Crippen molar-refractivity contribution in [2.45, 2.75) is 24.9 Å². The number of hydrogen-bond donors (Lipinski definition) is 0. The van der Waals surface area contributed by atoms with Gasteiger partial charge in [-0.15, -0.1) is 0 Å². The third kappa shape index (κ3) is 3.20. The van der Waals surface area contributed by atoms with Crippen LogP contribution in [0.1, 0.15) is 13.8 Å². The standard InChI is InChI=1S/C10H17NO4S/c1-7(12)16-8-5-14-10(2,15-6-8)9(13)11(3)4/h8H,5-6H2,1-4H3. The topological polar surface area (TPSA) is 55.8 Å².